The van der Waals surface area contributed by atoms with Crippen molar-refractivity contribution < 1.29 is 0 Å². The molecule has 0 saturated heterocycles. The van der Waals surface area contributed by atoms with E-state index in [4.69, 9.17) is 17.3 Å². The molecule has 3 heteroatoms. The van der Waals surface area contributed by atoms with Gasteiger partial charge in [0.05, 0.1) is 0 Å². The van der Waals surface area contributed by atoms with Crippen LogP contribution in [-0.4, -0.2) is 24.5 Å². The Labute approximate surface area is 135 Å². The van der Waals surface area contributed by atoms with Crippen molar-refractivity contribution in [2.45, 2.75) is 46.6 Å². The molecule has 0 bridgehead atoms. The standard InChI is InChI=1S/C18H31ClN2/c1-14(2)8-10-21(11-9-15(3)4)18(13-20)16-6-5-7-17(19)12-16/h5-7,12,14-15,18H,8-11,13,20H2,1-4H3. The van der Waals surface area contributed by atoms with Gasteiger partial charge in [-0.2, -0.15) is 0 Å². The van der Waals surface area contributed by atoms with Gasteiger partial charge in [0.15, 0.2) is 0 Å². The van der Waals surface area contributed by atoms with E-state index >= 15 is 0 Å². The van der Waals surface area contributed by atoms with Crippen molar-refractivity contribution in [2.24, 2.45) is 17.6 Å². The highest BCUT2D eigenvalue weighted by Crippen LogP contribution is 2.24. The van der Waals surface area contributed by atoms with E-state index in [1.807, 2.05) is 12.1 Å². The highest BCUT2D eigenvalue weighted by Gasteiger charge is 2.19. The van der Waals surface area contributed by atoms with E-state index in [2.05, 4.69) is 44.7 Å². The summed E-state index contributed by atoms with van der Waals surface area (Å²) in [4.78, 5) is 2.53. The second-order valence-electron chi connectivity index (χ2n) is 6.71. The second kappa shape index (κ2) is 9.45. The molecule has 0 radical (unpaired) electrons. The van der Waals surface area contributed by atoms with Crippen LogP contribution in [0.15, 0.2) is 24.3 Å². The summed E-state index contributed by atoms with van der Waals surface area (Å²) in [5.41, 5.74) is 7.32. The molecule has 0 amide bonds. The number of benzene rings is 1. The summed E-state index contributed by atoms with van der Waals surface area (Å²) >= 11 is 6.15. The molecule has 0 fully saturated rings. The lowest BCUT2D eigenvalue weighted by atomic mass is 10.0. The monoisotopic (exact) mass is 310 g/mol. The Balaban J connectivity index is 2.85. The van der Waals surface area contributed by atoms with E-state index in [1.165, 1.54) is 18.4 Å². The summed E-state index contributed by atoms with van der Waals surface area (Å²) in [5, 5.41) is 0.790. The molecule has 1 aromatic carbocycles. The Morgan fingerprint density at radius 3 is 2.05 bits per heavy atom. The van der Waals surface area contributed by atoms with Crippen LogP contribution in [-0.2, 0) is 0 Å². The summed E-state index contributed by atoms with van der Waals surface area (Å²) in [5.74, 6) is 1.42. The Hall–Kier alpha value is -0.570. The van der Waals surface area contributed by atoms with Gasteiger partial charge in [0.25, 0.3) is 0 Å². The Bertz CT molecular complexity index is 392. The molecule has 0 aliphatic carbocycles. The van der Waals surface area contributed by atoms with Crippen LogP contribution in [0.2, 0.25) is 5.02 Å². The van der Waals surface area contributed by atoms with Crippen molar-refractivity contribution in [1.29, 1.82) is 0 Å². The van der Waals surface area contributed by atoms with Gasteiger partial charge >= 0.3 is 0 Å². The molecule has 2 nitrogen and oxygen atoms in total. The summed E-state index contributed by atoms with van der Waals surface area (Å²) in [6, 6.07) is 8.40. The lowest BCUT2D eigenvalue weighted by Gasteiger charge is -2.32. The fourth-order valence-corrected chi connectivity index (χ4v) is 2.68. The third-order valence-corrected chi connectivity index (χ3v) is 4.12. The maximum Gasteiger partial charge on any atom is 0.0470 e. The van der Waals surface area contributed by atoms with Gasteiger partial charge in [-0.05, 0) is 55.5 Å². The molecular weight excluding hydrogens is 280 g/mol. The average molecular weight is 311 g/mol. The van der Waals surface area contributed by atoms with E-state index in [-0.39, 0.29) is 6.04 Å². The number of halogens is 1. The highest BCUT2D eigenvalue weighted by atomic mass is 35.5. The van der Waals surface area contributed by atoms with Crippen LogP contribution < -0.4 is 5.73 Å². The van der Waals surface area contributed by atoms with Crippen molar-refractivity contribution in [1.82, 2.24) is 4.90 Å². The van der Waals surface area contributed by atoms with E-state index in [0.717, 1.165) is 18.1 Å². The minimum atomic E-state index is 0.265. The first-order valence-electron chi connectivity index (χ1n) is 8.13. The molecule has 0 aliphatic rings. The number of nitrogens with zero attached hydrogens (tertiary/aromatic N) is 1. The molecule has 120 valence electrons. The molecule has 1 unspecified atom stereocenters. The number of rotatable bonds is 9. The molecule has 2 N–H and O–H groups in total. The van der Waals surface area contributed by atoms with Crippen molar-refractivity contribution in [3.63, 3.8) is 0 Å². The lowest BCUT2D eigenvalue weighted by Crippen LogP contribution is -2.36. The van der Waals surface area contributed by atoms with Crippen molar-refractivity contribution >= 4 is 11.6 Å². The maximum absolute atomic E-state index is 6.15. The molecule has 0 saturated carbocycles. The number of hydrogen-bond donors (Lipinski definition) is 1. The van der Waals surface area contributed by atoms with Crippen LogP contribution in [0.3, 0.4) is 0 Å². The van der Waals surface area contributed by atoms with Crippen LogP contribution in [0.25, 0.3) is 0 Å². The van der Waals surface area contributed by atoms with Gasteiger partial charge in [0.2, 0.25) is 0 Å². The highest BCUT2D eigenvalue weighted by molar-refractivity contribution is 6.30. The minimum Gasteiger partial charge on any atom is -0.329 e. The zero-order valence-electron chi connectivity index (χ0n) is 14.0. The third kappa shape index (κ3) is 6.82. The molecule has 0 aliphatic heterocycles. The van der Waals surface area contributed by atoms with Crippen molar-refractivity contribution in [3.8, 4) is 0 Å². The van der Waals surface area contributed by atoms with Crippen LogP contribution in [0, 0.1) is 11.8 Å². The van der Waals surface area contributed by atoms with E-state index in [0.29, 0.717) is 18.4 Å². The predicted molar refractivity (Wildman–Crippen MR) is 93.7 cm³/mol. The summed E-state index contributed by atoms with van der Waals surface area (Å²) < 4.78 is 0. The van der Waals surface area contributed by atoms with Crippen molar-refractivity contribution in [3.05, 3.63) is 34.9 Å². The normalized spacial score (nSPS) is 13.4. The zero-order chi connectivity index (χ0) is 15.8. The van der Waals surface area contributed by atoms with Crippen molar-refractivity contribution in [2.75, 3.05) is 19.6 Å². The minimum absolute atomic E-state index is 0.265. The SMILES string of the molecule is CC(C)CCN(CCC(C)C)C(CN)c1cccc(Cl)c1. The fraction of sp³-hybridized carbons (Fsp3) is 0.667. The van der Waals surface area contributed by atoms with Crippen LogP contribution in [0.5, 0.6) is 0 Å². The fourth-order valence-electron chi connectivity index (χ4n) is 2.48. The van der Waals surface area contributed by atoms with Gasteiger partial charge in [-0.25, -0.2) is 0 Å². The first-order chi connectivity index (χ1) is 9.93. The Kier molecular flexibility index (Phi) is 8.31. The molecular formula is C18H31ClN2. The molecule has 0 heterocycles. The maximum atomic E-state index is 6.15. The quantitative estimate of drug-likeness (QED) is 0.714. The number of nitrogens with two attached hydrogens (primary N) is 1. The third-order valence-electron chi connectivity index (χ3n) is 3.88. The molecule has 1 aromatic rings. The summed E-state index contributed by atoms with van der Waals surface area (Å²) in [7, 11) is 0. The van der Waals surface area contributed by atoms with E-state index in [9.17, 15) is 0 Å². The lowest BCUT2D eigenvalue weighted by molar-refractivity contribution is 0.181. The largest absolute Gasteiger partial charge is 0.329 e. The molecule has 1 rings (SSSR count). The topological polar surface area (TPSA) is 29.3 Å². The van der Waals surface area contributed by atoms with Gasteiger partial charge in [0.1, 0.15) is 0 Å². The number of hydrogen-bond acceptors (Lipinski definition) is 2. The van der Waals surface area contributed by atoms with Crippen LogP contribution >= 0.6 is 11.6 Å². The van der Waals surface area contributed by atoms with Crippen LogP contribution in [0.4, 0.5) is 0 Å². The molecule has 0 spiro atoms. The Morgan fingerprint density at radius 1 is 1.05 bits per heavy atom. The second-order valence-corrected chi connectivity index (χ2v) is 7.14. The first kappa shape index (κ1) is 18.5. The average Bonchev–Trinajstić information content (AvgIpc) is 2.41. The van der Waals surface area contributed by atoms with Gasteiger partial charge in [-0.3, -0.25) is 4.90 Å². The van der Waals surface area contributed by atoms with Gasteiger partial charge in [0, 0.05) is 17.6 Å². The first-order valence-corrected chi connectivity index (χ1v) is 8.51. The summed E-state index contributed by atoms with van der Waals surface area (Å²) in [6.07, 6.45) is 2.41. The molecule has 21 heavy (non-hydrogen) atoms. The smallest absolute Gasteiger partial charge is 0.0470 e. The van der Waals surface area contributed by atoms with Crippen LogP contribution in [0.1, 0.15) is 52.1 Å². The van der Waals surface area contributed by atoms with Gasteiger partial charge in [-0.1, -0.05) is 51.4 Å². The zero-order valence-corrected chi connectivity index (χ0v) is 14.7. The van der Waals surface area contributed by atoms with Gasteiger partial charge in [-0.15, -0.1) is 0 Å². The van der Waals surface area contributed by atoms with E-state index < -0.39 is 0 Å². The van der Waals surface area contributed by atoms with Gasteiger partial charge < -0.3 is 5.73 Å². The Morgan fingerprint density at radius 2 is 1.62 bits per heavy atom. The molecule has 0 aromatic heterocycles. The summed E-state index contributed by atoms with van der Waals surface area (Å²) in [6.45, 7) is 11.9. The predicted octanol–water partition coefficient (Wildman–Crippen LogP) is 4.73. The van der Waals surface area contributed by atoms with E-state index in [1.54, 1.807) is 0 Å². The molecule has 1 atom stereocenters.